The molecule has 2 rings (SSSR count). The second kappa shape index (κ2) is 3.38. The van der Waals surface area contributed by atoms with Crippen molar-refractivity contribution in [2.24, 2.45) is 5.73 Å². The standard InChI is InChI=1S/C10H13NO3/c1-13-10-5-9-6(4-8(10)12)7(11)2-3-14-9/h4-5,7,12H,2-3,11H2,1H3/t7-/m1/s1. The van der Waals surface area contributed by atoms with Gasteiger partial charge in [-0.05, 0) is 6.07 Å². The normalized spacial score (nSPS) is 19.7. The molecule has 1 aromatic rings. The Bertz CT molecular complexity index is 351. The molecule has 0 radical (unpaired) electrons. The van der Waals surface area contributed by atoms with E-state index in [0.717, 1.165) is 12.0 Å². The molecule has 0 fully saturated rings. The van der Waals surface area contributed by atoms with Gasteiger partial charge in [0.2, 0.25) is 0 Å². The Morgan fingerprint density at radius 2 is 2.36 bits per heavy atom. The van der Waals surface area contributed by atoms with Gasteiger partial charge in [-0.3, -0.25) is 0 Å². The second-order valence-electron chi connectivity index (χ2n) is 3.31. The van der Waals surface area contributed by atoms with E-state index in [-0.39, 0.29) is 11.8 Å². The molecule has 0 unspecified atom stereocenters. The SMILES string of the molecule is COc1cc2c(cc1O)[C@H](N)CCO2. The van der Waals surface area contributed by atoms with Crippen LogP contribution in [0.1, 0.15) is 18.0 Å². The number of phenolic OH excluding ortho intramolecular Hbond substituents is 1. The van der Waals surface area contributed by atoms with E-state index in [2.05, 4.69) is 0 Å². The van der Waals surface area contributed by atoms with Gasteiger partial charge in [0.05, 0.1) is 13.7 Å². The molecular weight excluding hydrogens is 182 g/mol. The lowest BCUT2D eigenvalue weighted by atomic mass is 10.0. The number of rotatable bonds is 1. The van der Waals surface area contributed by atoms with Crippen molar-refractivity contribution < 1.29 is 14.6 Å². The molecule has 0 amide bonds. The molecule has 1 aromatic carbocycles. The monoisotopic (exact) mass is 195 g/mol. The van der Waals surface area contributed by atoms with E-state index in [1.165, 1.54) is 7.11 Å². The van der Waals surface area contributed by atoms with E-state index in [4.69, 9.17) is 15.2 Å². The third-order valence-corrected chi connectivity index (χ3v) is 2.40. The Morgan fingerprint density at radius 3 is 3.07 bits per heavy atom. The number of aromatic hydroxyl groups is 1. The molecule has 0 aliphatic carbocycles. The highest BCUT2D eigenvalue weighted by molar-refractivity contribution is 5.51. The second-order valence-corrected chi connectivity index (χ2v) is 3.31. The summed E-state index contributed by atoms with van der Waals surface area (Å²) in [6.07, 6.45) is 0.777. The highest BCUT2D eigenvalue weighted by Crippen LogP contribution is 2.39. The van der Waals surface area contributed by atoms with Gasteiger partial charge in [-0.25, -0.2) is 0 Å². The Hall–Kier alpha value is -1.42. The Kier molecular flexibility index (Phi) is 2.21. The quantitative estimate of drug-likeness (QED) is 0.706. The van der Waals surface area contributed by atoms with Gasteiger partial charge >= 0.3 is 0 Å². The maximum absolute atomic E-state index is 9.55. The molecule has 3 N–H and O–H groups in total. The highest BCUT2D eigenvalue weighted by Gasteiger charge is 2.20. The summed E-state index contributed by atoms with van der Waals surface area (Å²) >= 11 is 0. The zero-order valence-electron chi connectivity index (χ0n) is 7.99. The van der Waals surface area contributed by atoms with Crippen LogP contribution in [0, 0.1) is 0 Å². The average Bonchev–Trinajstić information content (AvgIpc) is 2.19. The Labute approximate surface area is 82.2 Å². The molecule has 0 bridgehead atoms. The van der Waals surface area contributed by atoms with Crippen molar-refractivity contribution >= 4 is 0 Å². The minimum absolute atomic E-state index is 0.0597. The van der Waals surface area contributed by atoms with Gasteiger partial charge in [0.25, 0.3) is 0 Å². The number of hydrogen-bond donors (Lipinski definition) is 2. The third-order valence-electron chi connectivity index (χ3n) is 2.40. The molecule has 0 aromatic heterocycles. The van der Waals surface area contributed by atoms with E-state index < -0.39 is 0 Å². The largest absolute Gasteiger partial charge is 0.504 e. The lowest BCUT2D eigenvalue weighted by Crippen LogP contribution is -2.20. The molecule has 1 heterocycles. The summed E-state index contributed by atoms with van der Waals surface area (Å²) in [4.78, 5) is 0. The van der Waals surface area contributed by atoms with Crippen molar-refractivity contribution in [2.45, 2.75) is 12.5 Å². The molecule has 14 heavy (non-hydrogen) atoms. The Balaban J connectivity index is 2.48. The van der Waals surface area contributed by atoms with Crippen LogP contribution in [0.25, 0.3) is 0 Å². The van der Waals surface area contributed by atoms with E-state index in [9.17, 15) is 5.11 Å². The fourth-order valence-corrected chi connectivity index (χ4v) is 1.60. The fraction of sp³-hybridized carbons (Fsp3) is 0.400. The average molecular weight is 195 g/mol. The number of benzene rings is 1. The van der Waals surface area contributed by atoms with E-state index in [1.54, 1.807) is 12.1 Å². The maximum Gasteiger partial charge on any atom is 0.164 e. The van der Waals surface area contributed by atoms with Crippen molar-refractivity contribution in [2.75, 3.05) is 13.7 Å². The van der Waals surface area contributed by atoms with Gasteiger partial charge in [-0.2, -0.15) is 0 Å². The summed E-state index contributed by atoms with van der Waals surface area (Å²) in [5.74, 6) is 1.23. The van der Waals surface area contributed by atoms with Gasteiger partial charge in [0, 0.05) is 24.1 Å². The van der Waals surface area contributed by atoms with Crippen LogP contribution in [0.4, 0.5) is 0 Å². The summed E-state index contributed by atoms with van der Waals surface area (Å²) in [5, 5.41) is 9.55. The van der Waals surface area contributed by atoms with Gasteiger partial charge in [0.15, 0.2) is 11.5 Å². The van der Waals surface area contributed by atoms with Crippen LogP contribution in [-0.2, 0) is 0 Å². The highest BCUT2D eigenvalue weighted by atomic mass is 16.5. The summed E-state index contributed by atoms with van der Waals surface area (Å²) in [5.41, 5.74) is 6.72. The van der Waals surface area contributed by atoms with Crippen molar-refractivity contribution in [1.82, 2.24) is 0 Å². The smallest absolute Gasteiger partial charge is 0.164 e. The third kappa shape index (κ3) is 1.37. The zero-order valence-corrected chi connectivity index (χ0v) is 7.99. The van der Waals surface area contributed by atoms with Crippen molar-refractivity contribution in [3.05, 3.63) is 17.7 Å². The first kappa shape index (κ1) is 9.15. The number of methoxy groups -OCH3 is 1. The molecule has 76 valence electrons. The predicted molar refractivity (Wildman–Crippen MR) is 51.7 cm³/mol. The van der Waals surface area contributed by atoms with Gasteiger partial charge < -0.3 is 20.3 Å². The van der Waals surface area contributed by atoms with Gasteiger partial charge in [-0.1, -0.05) is 0 Å². The molecule has 0 saturated heterocycles. The summed E-state index contributed by atoms with van der Waals surface area (Å²) in [7, 11) is 1.50. The number of nitrogens with two attached hydrogens (primary N) is 1. The molecule has 0 saturated carbocycles. The topological polar surface area (TPSA) is 64.7 Å². The van der Waals surface area contributed by atoms with Crippen LogP contribution in [0.3, 0.4) is 0 Å². The lowest BCUT2D eigenvalue weighted by Gasteiger charge is -2.23. The van der Waals surface area contributed by atoms with Crippen molar-refractivity contribution in [3.8, 4) is 17.2 Å². The maximum atomic E-state index is 9.55. The summed E-state index contributed by atoms with van der Waals surface area (Å²) in [6, 6.07) is 3.22. The molecule has 4 heteroatoms. The number of ether oxygens (including phenoxy) is 2. The number of hydrogen-bond acceptors (Lipinski definition) is 4. The van der Waals surface area contributed by atoms with Crippen molar-refractivity contribution in [1.29, 1.82) is 0 Å². The lowest BCUT2D eigenvalue weighted by molar-refractivity contribution is 0.265. The first-order chi connectivity index (χ1) is 6.72. The van der Waals surface area contributed by atoms with Crippen LogP contribution in [0.5, 0.6) is 17.2 Å². The van der Waals surface area contributed by atoms with E-state index in [1.807, 2.05) is 0 Å². The van der Waals surface area contributed by atoms with Crippen LogP contribution in [-0.4, -0.2) is 18.8 Å². The molecule has 0 spiro atoms. The number of fused-ring (bicyclic) bond motifs is 1. The van der Waals surface area contributed by atoms with Gasteiger partial charge in [-0.15, -0.1) is 0 Å². The minimum Gasteiger partial charge on any atom is -0.504 e. The summed E-state index contributed by atoms with van der Waals surface area (Å²) < 4.78 is 10.4. The fourth-order valence-electron chi connectivity index (χ4n) is 1.60. The predicted octanol–water partition coefficient (Wildman–Crippen LogP) is 1.18. The van der Waals surface area contributed by atoms with E-state index >= 15 is 0 Å². The van der Waals surface area contributed by atoms with Crippen LogP contribution in [0.15, 0.2) is 12.1 Å². The Morgan fingerprint density at radius 1 is 1.57 bits per heavy atom. The molecule has 1 aliphatic rings. The first-order valence-corrected chi connectivity index (χ1v) is 4.51. The molecule has 1 atom stereocenters. The van der Waals surface area contributed by atoms with Crippen LogP contribution in [0.2, 0.25) is 0 Å². The first-order valence-electron chi connectivity index (χ1n) is 4.51. The van der Waals surface area contributed by atoms with Gasteiger partial charge in [0.1, 0.15) is 5.75 Å². The van der Waals surface area contributed by atoms with Crippen LogP contribution >= 0.6 is 0 Å². The van der Waals surface area contributed by atoms with Crippen molar-refractivity contribution in [3.63, 3.8) is 0 Å². The zero-order chi connectivity index (χ0) is 10.1. The number of phenols is 1. The summed E-state index contributed by atoms with van der Waals surface area (Å²) in [6.45, 7) is 0.613. The van der Waals surface area contributed by atoms with Crippen LogP contribution < -0.4 is 15.2 Å². The molecule has 1 aliphatic heterocycles. The minimum atomic E-state index is -0.0597. The molecular formula is C10H13NO3. The van der Waals surface area contributed by atoms with E-state index in [0.29, 0.717) is 18.1 Å². The molecule has 4 nitrogen and oxygen atoms in total.